The minimum absolute atomic E-state index is 0.0415. The van der Waals surface area contributed by atoms with Gasteiger partial charge >= 0.3 is 0 Å². The van der Waals surface area contributed by atoms with Crippen LogP contribution in [0.2, 0.25) is 0 Å². The lowest BCUT2D eigenvalue weighted by molar-refractivity contribution is 0.0911. The maximum atomic E-state index is 13.7. The molecule has 1 aliphatic rings. The van der Waals surface area contributed by atoms with E-state index in [0.717, 1.165) is 6.07 Å². The number of carbonyl (C=O) groups excluding carboxylic acids is 1. The standard InChI is InChI=1S/C22H26FN3O6S2/c1-12(2)24-22(33)26-34(28,29)20-8-13-7-15(11-32-18(13)10-19(20)31-4)25-21(27)16-9-14(23)5-6-17(16)30-3/h5-6,8-10,12,15H,7,11H2,1-4H3,(H,25,27)(H2,24,26,33). The predicted molar refractivity (Wildman–Crippen MR) is 128 cm³/mol. The molecule has 1 amide bonds. The summed E-state index contributed by atoms with van der Waals surface area (Å²) in [5, 5.41) is 5.56. The first-order chi connectivity index (χ1) is 16.0. The Hall–Kier alpha value is -3.12. The Morgan fingerprint density at radius 2 is 1.88 bits per heavy atom. The number of rotatable bonds is 7. The number of ether oxygens (including phenoxy) is 3. The van der Waals surface area contributed by atoms with Crippen molar-refractivity contribution in [3.63, 3.8) is 0 Å². The zero-order valence-electron chi connectivity index (χ0n) is 19.1. The number of halogens is 1. The number of hydrogen-bond donors (Lipinski definition) is 3. The molecule has 0 aliphatic carbocycles. The first-order valence-corrected chi connectivity index (χ1v) is 12.2. The van der Waals surface area contributed by atoms with Gasteiger partial charge in [-0.2, -0.15) is 0 Å². The van der Waals surface area contributed by atoms with Gasteiger partial charge in [-0.05, 0) is 62.3 Å². The molecule has 1 heterocycles. The number of methoxy groups -OCH3 is 2. The number of benzene rings is 2. The van der Waals surface area contributed by atoms with Gasteiger partial charge in [0.05, 0.1) is 25.8 Å². The summed E-state index contributed by atoms with van der Waals surface area (Å²) in [7, 11) is -1.32. The van der Waals surface area contributed by atoms with Crippen LogP contribution < -0.4 is 29.6 Å². The Bertz CT molecular complexity index is 1200. The van der Waals surface area contributed by atoms with E-state index in [2.05, 4.69) is 15.4 Å². The molecular weight excluding hydrogens is 485 g/mol. The van der Waals surface area contributed by atoms with Gasteiger partial charge < -0.3 is 24.8 Å². The summed E-state index contributed by atoms with van der Waals surface area (Å²) >= 11 is 5.07. The number of thiocarbonyl (C=S) groups is 1. The fraction of sp³-hybridized carbons (Fsp3) is 0.364. The van der Waals surface area contributed by atoms with Gasteiger partial charge in [0.1, 0.15) is 34.6 Å². The minimum atomic E-state index is -4.06. The van der Waals surface area contributed by atoms with Crippen molar-refractivity contribution in [2.75, 3.05) is 20.8 Å². The van der Waals surface area contributed by atoms with Gasteiger partial charge in [0.2, 0.25) is 0 Å². The van der Waals surface area contributed by atoms with Crippen molar-refractivity contribution in [3.8, 4) is 17.2 Å². The molecule has 0 saturated carbocycles. The smallest absolute Gasteiger partial charge is 0.267 e. The van der Waals surface area contributed by atoms with Gasteiger partial charge in [0.25, 0.3) is 15.9 Å². The summed E-state index contributed by atoms with van der Waals surface area (Å²) in [6.45, 7) is 3.78. The van der Waals surface area contributed by atoms with Gasteiger partial charge in [-0.3, -0.25) is 9.52 Å². The molecule has 0 spiro atoms. The van der Waals surface area contributed by atoms with Crippen LogP contribution in [-0.2, 0) is 16.4 Å². The Morgan fingerprint density at radius 1 is 1.18 bits per heavy atom. The van der Waals surface area contributed by atoms with E-state index in [1.54, 1.807) is 0 Å². The summed E-state index contributed by atoms with van der Waals surface area (Å²) in [4.78, 5) is 12.6. The highest BCUT2D eigenvalue weighted by molar-refractivity contribution is 7.92. The number of sulfonamides is 1. The molecule has 3 rings (SSSR count). The predicted octanol–water partition coefficient (Wildman–Crippen LogP) is 2.14. The lowest BCUT2D eigenvalue weighted by Gasteiger charge is -2.27. The van der Waals surface area contributed by atoms with Crippen LogP contribution in [-0.4, -0.2) is 52.3 Å². The van der Waals surface area contributed by atoms with Gasteiger partial charge in [-0.15, -0.1) is 0 Å². The van der Waals surface area contributed by atoms with E-state index in [-0.39, 0.29) is 46.1 Å². The summed E-state index contributed by atoms with van der Waals surface area (Å²) in [6, 6.07) is 6.00. The first-order valence-electron chi connectivity index (χ1n) is 10.4. The fourth-order valence-electron chi connectivity index (χ4n) is 3.44. The lowest BCUT2D eigenvalue weighted by Crippen LogP contribution is -2.43. The quantitative estimate of drug-likeness (QED) is 0.485. The molecule has 0 saturated heterocycles. The molecule has 34 heavy (non-hydrogen) atoms. The molecule has 3 N–H and O–H groups in total. The second-order valence-corrected chi connectivity index (χ2v) is 9.93. The highest BCUT2D eigenvalue weighted by Crippen LogP contribution is 2.35. The molecule has 1 unspecified atom stereocenters. The first kappa shape index (κ1) is 25.5. The number of carbonyl (C=O) groups is 1. The van der Waals surface area contributed by atoms with E-state index < -0.39 is 27.8 Å². The largest absolute Gasteiger partial charge is 0.496 e. The van der Waals surface area contributed by atoms with Crippen LogP contribution >= 0.6 is 12.2 Å². The maximum Gasteiger partial charge on any atom is 0.267 e. The second kappa shape index (κ2) is 10.4. The molecule has 1 aliphatic heterocycles. The van der Waals surface area contributed by atoms with Crippen molar-refractivity contribution in [3.05, 3.63) is 47.3 Å². The molecule has 1 atom stereocenters. The minimum Gasteiger partial charge on any atom is -0.496 e. The number of hydrogen-bond acceptors (Lipinski definition) is 7. The fourth-order valence-corrected chi connectivity index (χ4v) is 5.13. The second-order valence-electron chi connectivity index (χ2n) is 7.87. The van der Waals surface area contributed by atoms with Crippen molar-refractivity contribution in [2.24, 2.45) is 0 Å². The molecule has 9 nitrogen and oxygen atoms in total. The van der Waals surface area contributed by atoms with Crippen LogP contribution in [0.25, 0.3) is 0 Å². The third kappa shape index (κ3) is 5.86. The Labute approximate surface area is 203 Å². The molecule has 2 aromatic carbocycles. The van der Waals surface area contributed by atoms with E-state index in [1.807, 2.05) is 13.8 Å². The molecule has 0 aromatic heterocycles. The summed E-state index contributed by atoms with van der Waals surface area (Å²) in [6.07, 6.45) is 0.278. The number of amides is 1. The van der Waals surface area contributed by atoms with Gasteiger partial charge in [0, 0.05) is 12.1 Å². The van der Waals surface area contributed by atoms with Crippen LogP contribution in [0, 0.1) is 5.82 Å². The average molecular weight is 512 g/mol. The Morgan fingerprint density at radius 3 is 2.53 bits per heavy atom. The van der Waals surface area contributed by atoms with E-state index in [9.17, 15) is 17.6 Å². The average Bonchev–Trinajstić information content (AvgIpc) is 2.77. The van der Waals surface area contributed by atoms with E-state index in [4.69, 9.17) is 26.4 Å². The summed E-state index contributed by atoms with van der Waals surface area (Å²) in [5.74, 6) is -0.360. The Balaban J connectivity index is 1.83. The van der Waals surface area contributed by atoms with Crippen LogP contribution in [0.15, 0.2) is 35.2 Å². The zero-order valence-corrected chi connectivity index (χ0v) is 20.7. The molecule has 184 valence electrons. The SMILES string of the molecule is COc1ccc(F)cc1C(=O)NC1COc2cc(OC)c(S(=O)(=O)NC(=S)NC(C)C)cc2C1. The van der Waals surface area contributed by atoms with Crippen LogP contribution in [0.1, 0.15) is 29.8 Å². The lowest BCUT2D eigenvalue weighted by atomic mass is 10.0. The highest BCUT2D eigenvalue weighted by Gasteiger charge is 2.29. The molecule has 0 radical (unpaired) electrons. The van der Waals surface area contributed by atoms with E-state index in [1.165, 1.54) is 38.5 Å². The Kier molecular flexibility index (Phi) is 7.82. The van der Waals surface area contributed by atoms with Crippen molar-refractivity contribution < 1.29 is 31.8 Å². The molecule has 2 aromatic rings. The van der Waals surface area contributed by atoms with Gasteiger partial charge in [-0.1, -0.05) is 0 Å². The third-order valence-corrected chi connectivity index (χ3v) is 6.65. The van der Waals surface area contributed by atoms with E-state index in [0.29, 0.717) is 11.3 Å². The van der Waals surface area contributed by atoms with Gasteiger partial charge in [0.15, 0.2) is 5.11 Å². The topological polar surface area (TPSA) is 115 Å². The summed E-state index contributed by atoms with van der Waals surface area (Å²) < 4.78 is 58.0. The van der Waals surface area contributed by atoms with Crippen molar-refractivity contribution in [1.29, 1.82) is 0 Å². The molecule has 0 bridgehead atoms. The van der Waals surface area contributed by atoms with Crippen LogP contribution in [0.4, 0.5) is 4.39 Å². The molecule has 12 heteroatoms. The molecule has 0 fully saturated rings. The number of fused-ring (bicyclic) bond motifs is 1. The van der Waals surface area contributed by atoms with Crippen molar-refractivity contribution >= 4 is 33.3 Å². The monoisotopic (exact) mass is 511 g/mol. The zero-order chi connectivity index (χ0) is 25.0. The van der Waals surface area contributed by atoms with Gasteiger partial charge in [-0.25, -0.2) is 12.8 Å². The van der Waals surface area contributed by atoms with Crippen LogP contribution in [0.5, 0.6) is 17.2 Å². The third-order valence-electron chi connectivity index (χ3n) is 4.93. The van der Waals surface area contributed by atoms with Crippen molar-refractivity contribution in [2.45, 2.75) is 37.2 Å². The highest BCUT2D eigenvalue weighted by atomic mass is 32.2. The van der Waals surface area contributed by atoms with Crippen molar-refractivity contribution in [1.82, 2.24) is 15.4 Å². The summed E-state index contributed by atoms with van der Waals surface area (Å²) in [5.41, 5.74) is 0.591. The van der Waals surface area contributed by atoms with E-state index >= 15 is 0 Å². The van der Waals surface area contributed by atoms with Crippen LogP contribution in [0.3, 0.4) is 0 Å². The maximum absolute atomic E-state index is 13.7. The molecular formula is C22H26FN3O6S2. The number of nitrogens with one attached hydrogen (secondary N) is 3. The normalized spacial score (nSPS) is 15.1.